The normalized spacial score (nSPS) is 41.2. The summed E-state index contributed by atoms with van der Waals surface area (Å²) in [5.74, 6) is 3.02. The van der Waals surface area contributed by atoms with Crippen LogP contribution in [0.3, 0.4) is 0 Å². The molecule has 2 saturated carbocycles. The van der Waals surface area contributed by atoms with Gasteiger partial charge < -0.3 is 0 Å². The highest BCUT2D eigenvalue weighted by atomic mass is 14.4. The van der Waals surface area contributed by atoms with Crippen LogP contribution in [0.4, 0.5) is 0 Å². The van der Waals surface area contributed by atoms with E-state index in [1.54, 1.807) is 6.42 Å². The van der Waals surface area contributed by atoms with Gasteiger partial charge in [-0.25, -0.2) is 0 Å². The van der Waals surface area contributed by atoms with Gasteiger partial charge in [-0.3, -0.25) is 0 Å². The summed E-state index contributed by atoms with van der Waals surface area (Å²) in [6.07, 6.45) is 13.6. The molecular formula is C15H29B. The van der Waals surface area contributed by atoms with E-state index in [-0.39, 0.29) is 0 Å². The summed E-state index contributed by atoms with van der Waals surface area (Å²) in [6, 6.07) is 0. The van der Waals surface area contributed by atoms with E-state index >= 15 is 0 Å². The third kappa shape index (κ3) is 2.66. The van der Waals surface area contributed by atoms with Crippen molar-refractivity contribution < 1.29 is 0 Å². The monoisotopic (exact) mass is 220 g/mol. The molecule has 2 aliphatic rings. The molecule has 16 heavy (non-hydrogen) atoms. The van der Waals surface area contributed by atoms with Crippen molar-refractivity contribution in [3.05, 3.63) is 0 Å². The van der Waals surface area contributed by atoms with Crippen LogP contribution in [0.5, 0.6) is 0 Å². The summed E-state index contributed by atoms with van der Waals surface area (Å²) >= 11 is 0. The standard InChI is InChI=1S/C15H29B/c1-12(2)15(16)10-6-9-13-7-4-3-5-8-14(13)11-15/h12-14H,3-11,16H2,1-2H3. The molecule has 0 aromatic heterocycles. The van der Waals surface area contributed by atoms with E-state index in [9.17, 15) is 0 Å². The highest BCUT2D eigenvalue weighted by Crippen LogP contribution is 2.51. The number of rotatable bonds is 1. The van der Waals surface area contributed by atoms with E-state index in [1.165, 1.54) is 51.4 Å². The van der Waals surface area contributed by atoms with Crippen LogP contribution in [0, 0.1) is 17.8 Å². The maximum atomic E-state index is 2.56. The first-order valence-electron chi connectivity index (χ1n) is 7.62. The first-order chi connectivity index (χ1) is 7.62. The van der Waals surface area contributed by atoms with Gasteiger partial charge in [-0.05, 0) is 17.8 Å². The van der Waals surface area contributed by atoms with Gasteiger partial charge in [-0.1, -0.05) is 76.9 Å². The van der Waals surface area contributed by atoms with Crippen molar-refractivity contribution in [2.75, 3.05) is 0 Å². The Morgan fingerprint density at radius 2 is 1.56 bits per heavy atom. The molecule has 0 amide bonds. The van der Waals surface area contributed by atoms with Crippen LogP contribution in [0.1, 0.15) is 71.6 Å². The summed E-state index contributed by atoms with van der Waals surface area (Å²) in [6.45, 7) is 4.88. The van der Waals surface area contributed by atoms with E-state index in [1.807, 2.05) is 0 Å². The van der Waals surface area contributed by atoms with E-state index < -0.39 is 0 Å². The highest BCUT2D eigenvalue weighted by molar-refractivity contribution is 6.15. The van der Waals surface area contributed by atoms with Gasteiger partial charge in [0.1, 0.15) is 7.85 Å². The Hall–Kier alpha value is 0.0649. The second-order valence-electron chi connectivity index (χ2n) is 7.06. The van der Waals surface area contributed by atoms with Gasteiger partial charge in [-0.15, -0.1) is 0 Å². The Morgan fingerprint density at radius 3 is 2.25 bits per heavy atom. The molecule has 0 saturated heterocycles. The zero-order valence-corrected chi connectivity index (χ0v) is 11.6. The summed E-state index contributed by atoms with van der Waals surface area (Å²) in [4.78, 5) is 0. The van der Waals surface area contributed by atoms with E-state index in [4.69, 9.17) is 0 Å². The Kier molecular flexibility index (Phi) is 4.03. The molecule has 2 rings (SSSR count). The molecule has 0 radical (unpaired) electrons. The first kappa shape index (κ1) is 12.5. The first-order valence-corrected chi connectivity index (χ1v) is 7.62. The summed E-state index contributed by atoms with van der Waals surface area (Å²) in [5, 5.41) is 0.643. The van der Waals surface area contributed by atoms with Gasteiger partial charge in [0.15, 0.2) is 0 Å². The van der Waals surface area contributed by atoms with Crippen LogP contribution in [0.15, 0.2) is 0 Å². The number of hydrogen-bond acceptors (Lipinski definition) is 0. The topological polar surface area (TPSA) is 0 Å². The number of fused-ring (bicyclic) bond motifs is 1. The van der Waals surface area contributed by atoms with E-state index in [0.717, 1.165) is 17.8 Å². The van der Waals surface area contributed by atoms with Crippen LogP contribution in [-0.2, 0) is 0 Å². The SMILES string of the molecule is BC1(C(C)C)CCCC2CCCCCC2C1. The second-order valence-corrected chi connectivity index (χ2v) is 7.06. The molecule has 0 aliphatic heterocycles. The molecule has 0 N–H and O–H groups in total. The predicted molar refractivity (Wildman–Crippen MR) is 74.6 cm³/mol. The maximum Gasteiger partial charge on any atom is 0.109 e. The van der Waals surface area contributed by atoms with Crippen molar-refractivity contribution in [1.82, 2.24) is 0 Å². The van der Waals surface area contributed by atoms with Crippen molar-refractivity contribution in [3.8, 4) is 0 Å². The molecule has 92 valence electrons. The Bertz CT molecular complexity index is 223. The molecule has 0 nitrogen and oxygen atoms in total. The van der Waals surface area contributed by atoms with E-state index in [2.05, 4.69) is 21.7 Å². The largest absolute Gasteiger partial charge is 0.109 e. The van der Waals surface area contributed by atoms with Crippen LogP contribution >= 0.6 is 0 Å². The molecule has 3 unspecified atom stereocenters. The van der Waals surface area contributed by atoms with Gasteiger partial charge in [-0.2, -0.15) is 0 Å². The van der Waals surface area contributed by atoms with Crippen molar-refractivity contribution in [2.24, 2.45) is 17.8 Å². The summed E-state index contributed by atoms with van der Waals surface area (Å²) in [5.41, 5.74) is 0. The third-order valence-electron chi connectivity index (χ3n) is 5.76. The zero-order valence-electron chi connectivity index (χ0n) is 11.6. The lowest BCUT2D eigenvalue weighted by atomic mass is 9.56. The molecule has 0 bridgehead atoms. The average molecular weight is 220 g/mol. The minimum Gasteiger partial charge on any atom is -0.0629 e. The fraction of sp³-hybridized carbons (Fsp3) is 1.00. The lowest BCUT2D eigenvalue weighted by molar-refractivity contribution is 0.254. The van der Waals surface area contributed by atoms with Crippen LogP contribution < -0.4 is 0 Å². The Morgan fingerprint density at radius 1 is 0.938 bits per heavy atom. The molecule has 1 heteroatoms. The molecule has 2 fully saturated rings. The smallest absolute Gasteiger partial charge is 0.0629 e. The minimum atomic E-state index is 0.643. The molecule has 0 heterocycles. The molecule has 0 spiro atoms. The van der Waals surface area contributed by atoms with Gasteiger partial charge in [0, 0.05) is 0 Å². The Labute approximate surface area is 103 Å². The third-order valence-corrected chi connectivity index (χ3v) is 5.76. The van der Waals surface area contributed by atoms with Gasteiger partial charge in [0.25, 0.3) is 0 Å². The minimum absolute atomic E-state index is 0.643. The van der Waals surface area contributed by atoms with Gasteiger partial charge in [0.2, 0.25) is 0 Å². The lowest BCUT2D eigenvalue weighted by Gasteiger charge is -2.36. The van der Waals surface area contributed by atoms with Crippen LogP contribution in [0.25, 0.3) is 0 Å². The van der Waals surface area contributed by atoms with E-state index in [0.29, 0.717) is 5.31 Å². The molecule has 2 aliphatic carbocycles. The quantitative estimate of drug-likeness (QED) is 0.581. The maximum absolute atomic E-state index is 2.56. The molecular weight excluding hydrogens is 191 g/mol. The summed E-state index contributed by atoms with van der Waals surface area (Å²) < 4.78 is 0. The molecule has 0 aromatic rings. The zero-order chi connectivity index (χ0) is 11.6. The van der Waals surface area contributed by atoms with Crippen molar-refractivity contribution in [2.45, 2.75) is 76.9 Å². The van der Waals surface area contributed by atoms with Crippen molar-refractivity contribution >= 4 is 7.85 Å². The van der Waals surface area contributed by atoms with Crippen LogP contribution in [0.2, 0.25) is 5.31 Å². The number of hydrogen-bond donors (Lipinski definition) is 0. The van der Waals surface area contributed by atoms with Crippen molar-refractivity contribution in [1.29, 1.82) is 0 Å². The lowest BCUT2D eigenvalue weighted by Crippen LogP contribution is -2.23. The Balaban J connectivity index is 2.08. The van der Waals surface area contributed by atoms with Crippen LogP contribution in [-0.4, -0.2) is 7.85 Å². The fourth-order valence-electron chi connectivity index (χ4n) is 4.10. The second kappa shape index (κ2) is 5.15. The summed E-state index contributed by atoms with van der Waals surface area (Å²) in [7, 11) is 2.56. The fourth-order valence-corrected chi connectivity index (χ4v) is 4.10. The average Bonchev–Trinajstić information content (AvgIpc) is 2.51. The van der Waals surface area contributed by atoms with Gasteiger partial charge in [0.05, 0.1) is 0 Å². The van der Waals surface area contributed by atoms with Crippen molar-refractivity contribution in [3.63, 3.8) is 0 Å². The predicted octanol–water partition coefficient (Wildman–Crippen LogP) is 4.20. The van der Waals surface area contributed by atoms with Gasteiger partial charge >= 0.3 is 0 Å². The molecule has 3 atom stereocenters. The molecule has 0 aromatic carbocycles. The highest BCUT2D eigenvalue weighted by Gasteiger charge is 2.37.